The van der Waals surface area contributed by atoms with Crippen molar-refractivity contribution in [2.24, 2.45) is 0 Å². The van der Waals surface area contributed by atoms with Gasteiger partial charge in [0.05, 0.1) is 17.9 Å². The number of nitrogens with zero attached hydrogens (tertiary/aromatic N) is 1. The van der Waals surface area contributed by atoms with Crippen molar-refractivity contribution in [1.29, 1.82) is 0 Å². The molecule has 0 radical (unpaired) electrons. The Hall–Kier alpha value is -1.13. The van der Waals surface area contributed by atoms with E-state index in [2.05, 4.69) is 4.98 Å². The number of aromatic hydroxyl groups is 1. The van der Waals surface area contributed by atoms with Gasteiger partial charge in [-0.1, -0.05) is 0 Å². The first-order valence-corrected chi connectivity index (χ1v) is 4.64. The van der Waals surface area contributed by atoms with Gasteiger partial charge in [-0.25, -0.2) is 0 Å². The highest BCUT2D eigenvalue weighted by Crippen LogP contribution is 2.38. The number of ether oxygens (including phenoxy) is 2. The van der Waals surface area contributed by atoms with E-state index in [-0.39, 0.29) is 5.75 Å². The minimum Gasteiger partial charge on any atom is -0.506 e. The minimum absolute atomic E-state index is 0.193. The zero-order valence-corrected chi connectivity index (χ0v) is 8.28. The molecule has 4 nitrogen and oxygen atoms in total. The second-order valence-electron chi connectivity index (χ2n) is 3.23. The SMILES string of the molecule is CCO[C@H]1OCc2cnc(C)c(O)c21. The zero-order chi connectivity index (χ0) is 10.1. The van der Waals surface area contributed by atoms with Gasteiger partial charge in [0.1, 0.15) is 5.75 Å². The molecular formula is C10H13NO3. The van der Waals surface area contributed by atoms with Crippen LogP contribution in [-0.2, 0) is 16.1 Å². The van der Waals surface area contributed by atoms with E-state index in [0.29, 0.717) is 18.9 Å². The molecule has 2 heterocycles. The van der Waals surface area contributed by atoms with E-state index in [4.69, 9.17) is 9.47 Å². The average molecular weight is 195 g/mol. The average Bonchev–Trinajstić information content (AvgIpc) is 2.57. The maximum absolute atomic E-state index is 9.79. The Morgan fingerprint density at radius 1 is 1.71 bits per heavy atom. The summed E-state index contributed by atoms with van der Waals surface area (Å²) >= 11 is 0. The monoisotopic (exact) mass is 195 g/mol. The molecule has 4 heteroatoms. The lowest BCUT2D eigenvalue weighted by atomic mass is 10.1. The van der Waals surface area contributed by atoms with Crippen molar-refractivity contribution in [2.45, 2.75) is 26.7 Å². The van der Waals surface area contributed by atoms with E-state index >= 15 is 0 Å². The predicted octanol–water partition coefficient (Wildman–Crippen LogP) is 1.66. The zero-order valence-electron chi connectivity index (χ0n) is 8.28. The van der Waals surface area contributed by atoms with Crippen LogP contribution in [0.3, 0.4) is 0 Å². The normalized spacial score (nSPS) is 19.7. The molecule has 0 fully saturated rings. The highest BCUT2D eigenvalue weighted by Gasteiger charge is 2.28. The Balaban J connectivity index is 2.41. The van der Waals surface area contributed by atoms with Crippen LogP contribution in [0, 0.1) is 6.92 Å². The number of hydrogen-bond donors (Lipinski definition) is 1. The van der Waals surface area contributed by atoms with Gasteiger partial charge in [0, 0.05) is 18.4 Å². The van der Waals surface area contributed by atoms with Crippen LogP contribution in [0.4, 0.5) is 0 Å². The van der Waals surface area contributed by atoms with Crippen LogP contribution in [-0.4, -0.2) is 16.7 Å². The summed E-state index contributed by atoms with van der Waals surface area (Å²) in [6, 6.07) is 0. The quantitative estimate of drug-likeness (QED) is 0.779. The number of hydrogen-bond acceptors (Lipinski definition) is 4. The fraction of sp³-hybridized carbons (Fsp3) is 0.500. The Bertz CT molecular complexity index is 349. The summed E-state index contributed by atoms with van der Waals surface area (Å²) < 4.78 is 10.7. The molecule has 0 unspecified atom stereocenters. The van der Waals surface area contributed by atoms with Gasteiger partial charge in [-0.2, -0.15) is 0 Å². The molecule has 1 aliphatic rings. The molecule has 1 aromatic rings. The van der Waals surface area contributed by atoms with Gasteiger partial charge in [-0.05, 0) is 13.8 Å². The largest absolute Gasteiger partial charge is 0.506 e. The summed E-state index contributed by atoms with van der Waals surface area (Å²) in [5.41, 5.74) is 2.25. The second-order valence-corrected chi connectivity index (χ2v) is 3.23. The van der Waals surface area contributed by atoms with Gasteiger partial charge in [-0.15, -0.1) is 0 Å². The van der Waals surface area contributed by atoms with Crippen LogP contribution in [0.1, 0.15) is 30.0 Å². The van der Waals surface area contributed by atoms with Crippen molar-refractivity contribution in [3.63, 3.8) is 0 Å². The topological polar surface area (TPSA) is 51.6 Å². The molecule has 2 rings (SSSR count). The van der Waals surface area contributed by atoms with Crippen molar-refractivity contribution in [3.8, 4) is 5.75 Å². The lowest BCUT2D eigenvalue weighted by Gasteiger charge is -2.12. The Morgan fingerprint density at radius 2 is 2.50 bits per heavy atom. The number of rotatable bonds is 2. The van der Waals surface area contributed by atoms with Gasteiger partial charge >= 0.3 is 0 Å². The predicted molar refractivity (Wildman–Crippen MR) is 49.8 cm³/mol. The second kappa shape index (κ2) is 3.55. The van der Waals surface area contributed by atoms with E-state index in [1.807, 2.05) is 6.92 Å². The van der Waals surface area contributed by atoms with Crippen LogP contribution in [0.2, 0.25) is 0 Å². The highest BCUT2D eigenvalue weighted by atomic mass is 16.7. The maximum Gasteiger partial charge on any atom is 0.188 e. The van der Waals surface area contributed by atoms with E-state index in [9.17, 15) is 5.11 Å². The lowest BCUT2D eigenvalue weighted by Crippen LogP contribution is -2.02. The number of aromatic nitrogens is 1. The molecule has 0 aliphatic carbocycles. The van der Waals surface area contributed by atoms with Crippen molar-refractivity contribution in [2.75, 3.05) is 6.61 Å². The van der Waals surface area contributed by atoms with Crippen LogP contribution in [0.5, 0.6) is 5.75 Å². The number of pyridine rings is 1. The van der Waals surface area contributed by atoms with E-state index in [1.54, 1.807) is 13.1 Å². The molecule has 0 saturated heterocycles. The van der Waals surface area contributed by atoms with Crippen molar-refractivity contribution in [1.82, 2.24) is 4.98 Å². The smallest absolute Gasteiger partial charge is 0.188 e. The molecular weight excluding hydrogens is 182 g/mol. The molecule has 1 aromatic heterocycles. The molecule has 0 bridgehead atoms. The Kier molecular flexibility index (Phi) is 2.39. The molecule has 1 N–H and O–H groups in total. The maximum atomic E-state index is 9.79. The summed E-state index contributed by atoms with van der Waals surface area (Å²) in [5.74, 6) is 0.193. The van der Waals surface area contributed by atoms with Crippen molar-refractivity contribution >= 4 is 0 Å². The standard InChI is InChI=1S/C10H13NO3/c1-3-13-10-8-7(5-14-10)4-11-6(2)9(8)12/h4,10,12H,3,5H2,1-2H3/t10-/m0/s1. The van der Waals surface area contributed by atoms with Gasteiger partial charge in [0.15, 0.2) is 6.29 Å². The molecule has 0 aromatic carbocycles. The van der Waals surface area contributed by atoms with Crippen LogP contribution in [0.25, 0.3) is 0 Å². The molecule has 1 atom stereocenters. The molecule has 0 spiro atoms. The summed E-state index contributed by atoms with van der Waals surface area (Å²) in [5, 5.41) is 9.79. The van der Waals surface area contributed by atoms with Crippen molar-refractivity contribution in [3.05, 3.63) is 23.0 Å². The van der Waals surface area contributed by atoms with Gasteiger partial charge in [0.2, 0.25) is 0 Å². The first-order chi connectivity index (χ1) is 6.74. The fourth-order valence-electron chi connectivity index (χ4n) is 1.56. The third-order valence-electron chi connectivity index (χ3n) is 2.30. The molecule has 0 saturated carbocycles. The van der Waals surface area contributed by atoms with Gasteiger partial charge in [-0.3, -0.25) is 4.98 Å². The van der Waals surface area contributed by atoms with E-state index in [0.717, 1.165) is 11.1 Å². The first kappa shape index (κ1) is 9.43. The molecule has 1 aliphatic heterocycles. The summed E-state index contributed by atoms with van der Waals surface area (Å²) in [4.78, 5) is 4.06. The van der Waals surface area contributed by atoms with Crippen LogP contribution >= 0.6 is 0 Å². The van der Waals surface area contributed by atoms with E-state index < -0.39 is 6.29 Å². The first-order valence-electron chi connectivity index (χ1n) is 4.64. The summed E-state index contributed by atoms with van der Waals surface area (Å²) in [7, 11) is 0. The molecule has 14 heavy (non-hydrogen) atoms. The highest BCUT2D eigenvalue weighted by molar-refractivity contribution is 5.43. The Morgan fingerprint density at radius 3 is 3.21 bits per heavy atom. The minimum atomic E-state index is -0.434. The van der Waals surface area contributed by atoms with E-state index in [1.165, 1.54) is 0 Å². The fourth-order valence-corrected chi connectivity index (χ4v) is 1.56. The number of aryl methyl sites for hydroxylation is 1. The third-order valence-corrected chi connectivity index (χ3v) is 2.30. The summed E-state index contributed by atoms with van der Waals surface area (Å²) in [6.07, 6.45) is 1.29. The van der Waals surface area contributed by atoms with Crippen LogP contribution < -0.4 is 0 Å². The van der Waals surface area contributed by atoms with Gasteiger partial charge in [0.25, 0.3) is 0 Å². The van der Waals surface area contributed by atoms with Gasteiger partial charge < -0.3 is 14.6 Å². The lowest BCUT2D eigenvalue weighted by molar-refractivity contribution is -0.135. The number of fused-ring (bicyclic) bond motifs is 1. The molecule has 0 amide bonds. The molecule has 76 valence electrons. The van der Waals surface area contributed by atoms with Crippen molar-refractivity contribution < 1.29 is 14.6 Å². The Labute approximate surface area is 82.5 Å². The summed E-state index contributed by atoms with van der Waals surface area (Å²) in [6.45, 7) is 4.68. The van der Waals surface area contributed by atoms with Crippen LogP contribution in [0.15, 0.2) is 6.20 Å². The third kappa shape index (κ3) is 1.36.